The van der Waals surface area contributed by atoms with Crippen LogP contribution in [-0.4, -0.2) is 79.1 Å². The highest BCUT2D eigenvalue weighted by atomic mass is 16.6. The number of rotatable bonds is 6. The maximum Gasteiger partial charge on any atom is 0.408 e. The van der Waals surface area contributed by atoms with E-state index in [-0.39, 0.29) is 51.0 Å². The van der Waals surface area contributed by atoms with Crippen LogP contribution in [0.25, 0.3) is 11.1 Å². The molecule has 5 rings (SSSR count). The number of carboxylic acids is 1. The van der Waals surface area contributed by atoms with Crippen molar-refractivity contribution in [2.75, 3.05) is 40.0 Å². The number of nitrogens with zero attached hydrogens (tertiary/aromatic N) is 1. The number of fused-ring (bicyclic) bond motifs is 3. The zero-order valence-corrected chi connectivity index (χ0v) is 19.5. The molecular formula is C26H28N2O7. The van der Waals surface area contributed by atoms with Gasteiger partial charge in [0.05, 0.1) is 13.2 Å². The first-order valence-corrected chi connectivity index (χ1v) is 11.7. The number of benzene rings is 2. The minimum atomic E-state index is -1.44. The highest BCUT2D eigenvalue weighted by molar-refractivity contribution is 5.92. The molecule has 0 bridgehead atoms. The van der Waals surface area contributed by atoms with Crippen molar-refractivity contribution in [3.63, 3.8) is 0 Å². The maximum atomic E-state index is 13.4. The molecule has 2 atom stereocenters. The number of carbonyl (C=O) groups excluding carboxylic acids is 2. The first kappa shape index (κ1) is 23.3. The average molecular weight is 481 g/mol. The average Bonchev–Trinajstić information content (AvgIpc) is 3.59. The van der Waals surface area contributed by atoms with Crippen molar-refractivity contribution in [1.29, 1.82) is 0 Å². The first-order valence-electron chi connectivity index (χ1n) is 11.7. The van der Waals surface area contributed by atoms with Gasteiger partial charge in [0, 0.05) is 39.0 Å². The van der Waals surface area contributed by atoms with Gasteiger partial charge in [0.2, 0.25) is 0 Å². The van der Waals surface area contributed by atoms with Gasteiger partial charge in [-0.2, -0.15) is 0 Å². The fraction of sp³-hybridized carbons (Fsp3) is 0.423. The molecule has 2 amide bonds. The van der Waals surface area contributed by atoms with E-state index in [0.29, 0.717) is 6.61 Å². The Morgan fingerprint density at radius 1 is 1.09 bits per heavy atom. The van der Waals surface area contributed by atoms with Crippen LogP contribution in [-0.2, 0) is 23.8 Å². The normalized spacial score (nSPS) is 25.2. The SMILES string of the molecule is COC1(C(=O)O)CCN(C(=O)C2(NC(=O)OCC3c4ccccc4-c4ccccc43)CCOC2)C1. The number of methoxy groups -OCH3 is 1. The second-order valence-electron chi connectivity index (χ2n) is 9.32. The van der Waals surface area contributed by atoms with E-state index in [1.165, 1.54) is 12.0 Å². The van der Waals surface area contributed by atoms with Crippen LogP contribution in [0.2, 0.25) is 0 Å². The van der Waals surface area contributed by atoms with Crippen LogP contribution in [0.15, 0.2) is 48.5 Å². The quantitative estimate of drug-likeness (QED) is 0.653. The summed E-state index contributed by atoms with van der Waals surface area (Å²) in [7, 11) is 1.32. The number of likely N-dealkylation sites (tertiary alicyclic amines) is 1. The molecule has 2 heterocycles. The van der Waals surface area contributed by atoms with Crippen LogP contribution in [0.5, 0.6) is 0 Å². The van der Waals surface area contributed by atoms with Crippen LogP contribution in [0.3, 0.4) is 0 Å². The van der Waals surface area contributed by atoms with Gasteiger partial charge >= 0.3 is 12.1 Å². The standard InChI is InChI=1S/C26H28N2O7/c1-33-26(23(30)31)10-12-28(15-26)22(29)25(11-13-34-16-25)27-24(32)35-14-21-19-8-4-2-6-17(19)18-7-3-5-9-20(18)21/h2-9,21H,10-16H2,1H3,(H,27,32)(H,30,31). The third-order valence-corrected chi connectivity index (χ3v) is 7.42. The Bertz CT molecular complexity index is 1110. The minimum Gasteiger partial charge on any atom is -0.479 e. The van der Waals surface area contributed by atoms with Gasteiger partial charge in [-0.3, -0.25) is 4.79 Å². The van der Waals surface area contributed by atoms with Crippen molar-refractivity contribution in [2.24, 2.45) is 0 Å². The van der Waals surface area contributed by atoms with Gasteiger partial charge in [0.25, 0.3) is 5.91 Å². The predicted molar refractivity (Wildman–Crippen MR) is 125 cm³/mol. The lowest BCUT2D eigenvalue weighted by molar-refractivity contribution is -0.161. The van der Waals surface area contributed by atoms with Crippen molar-refractivity contribution < 1.29 is 33.7 Å². The highest BCUT2D eigenvalue weighted by Gasteiger charge is 2.53. The van der Waals surface area contributed by atoms with Crippen molar-refractivity contribution in [3.05, 3.63) is 59.7 Å². The third-order valence-electron chi connectivity index (χ3n) is 7.42. The number of ether oxygens (including phenoxy) is 3. The van der Waals surface area contributed by atoms with E-state index in [1.54, 1.807) is 0 Å². The van der Waals surface area contributed by atoms with E-state index in [2.05, 4.69) is 17.4 Å². The van der Waals surface area contributed by atoms with E-state index in [0.717, 1.165) is 22.3 Å². The number of carbonyl (C=O) groups is 3. The Kier molecular flexibility index (Phi) is 5.98. The molecule has 2 fully saturated rings. The molecule has 2 N–H and O–H groups in total. The van der Waals surface area contributed by atoms with E-state index in [4.69, 9.17) is 14.2 Å². The smallest absolute Gasteiger partial charge is 0.408 e. The predicted octanol–water partition coefficient (Wildman–Crippen LogP) is 2.39. The van der Waals surface area contributed by atoms with Crippen molar-refractivity contribution in [3.8, 4) is 11.1 Å². The lowest BCUT2D eigenvalue weighted by Crippen LogP contribution is -2.60. The van der Waals surface area contributed by atoms with Gasteiger partial charge in [0.1, 0.15) is 12.1 Å². The molecule has 2 unspecified atom stereocenters. The largest absolute Gasteiger partial charge is 0.479 e. The third kappa shape index (κ3) is 3.94. The van der Waals surface area contributed by atoms with E-state index in [1.807, 2.05) is 36.4 Å². The zero-order chi connectivity index (χ0) is 24.6. The van der Waals surface area contributed by atoms with E-state index in [9.17, 15) is 19.5 Å². The fourth-order valence-electron chi connectivity index (χ4n) is 5.40. The van der Waals surface area contributed by atoms with Crippen molar-refractivity contribution in [2.45, 2.75) is 29.9 Å². The number of carboxylic acid groups (broad SMARTS) is 1. The lowest BCUT2D eigenvalue weighted by Gasteiger charge is -2.32. The van der Waals surface area contributed by atoms with Crippen LogP contribution >= 0.6 is 0 Å². The summed E-state index contributed by atoms with van der Waals surface area (Å²) in [6.07, 6.45) is -0.257. The van der Waals surface area contributed by atoms with Crippen LogP contribution in [0.4, 0.5) is 4.79 Å². The highest BCUT2D eigenvalue weighted by Crippen LogP contribution is 2.44. The van der Waals surface area contributed by atoms with Crippen LogP contribution in [0, 0.1) is 0 Å². The molecule has 0 spiro atoms. The summed E-state index contributed by atoms with van der Waals surface area (Å²) in [5.41, 5.74) is 1.70. The maximum absolute atomic E-state index is 13.4. The molecule has 2 aliphatic heterocycles. The van der Waals surface area contributed by atoms with Crippen molar-refractivity contribution >= 4 is 18.0 Å². The van der Waals surface area contributed by atoms with Crippen LogP contribution < -0.4 is 5.32 Å². The molecule has 2 aromatic rings. The molecular weight excluding hydrogens is 452 g/mol. The number of nitrogens with one attached hydrogen (secondary N) is 1. The number of hydrogen-bond acceptors (Lipinski definition) is 6. The summed E-state index contributed by atoms with van der Waals surface area (Å²) >= 11 is 0. The first-order chi connectivity index (χ1) is 16.9. The summed E-state index contributed by atoms with van der Waals surface area (Å²) in [6.45, 7) is 0.552. The number of aliphatic carboxylic acids is 1. The topological polar surface area (TPSA) is 114 Å². The molecule has 0 aromatic heterocycles. The molecule has 9 nitrogen and oxygen atoms in total. The summed E-state index contributed by atoms with van der Waals surface area (Å²) in [4.78, 5) is 39.5. The summed E-state index contributed by atoms with van der Waals surface area (Å²) < 4.78 is 16.4. The van der Waals surface area contributed by atoms with Gasteiger partial charge in [0.15, 0.2) is 5.60 Å². The van der Waals surface area contributed by atoms with E-state index >= 15 is 0 Å². The summed E-state index contributed by atoms with van der Waals surface area (Å²) in [6, 6.07) is 16.1. The van der Waals surface area contributed by atoms with Crippen molar-refractivity contribution in [1.82, 2.24) is 10.2 Å². The molecule has 2 aromatic carbocycles. The van der Waals surface area contributed by atoms with Gasteiger partial charge in [-0.1, -0.05) is 48.5 Å². The van der Waals surface area contributed by atoms with Gasteiger partial charge in [-0.15, -0.1) is 0 Å². The number of hydrogen-bond donors (Lipinski definition) is 2. The van der Waals surface area contributed by atoms with E-state index < -0.39 is 23.2 Å². The monoisotopic (exact) mass is 480 g/mol. The Hall–Kier alpha value is -3.43. The Morgan fingerprint density at radius 2 is 1.74 bits per heavy atom. The molecule has 2 saturated heterocycles. The summed E-state index contributed by atoms with van der Waals surface area (Å²) in [5.74, 6) is -1.60. The molecule has 184 valence electrons. The van der Waals surface area contributed by atoms with Gasteiger partial charge in [-0.25, -0.2) is 9.59 Å². The summed E-state index contributed by atoms with van der Waals surface area (Å²) in [5, 5.41) is 12.3. The second kappa shape index (κ2) is 8.98. The molecule has 3 aliphatic rings. The Morgan fingerprint density at radius 3 is 2.29 bits per heavy atom. The number of amides is 2. The Balaban J connectivity index is 1.28. The van der Waals surface area contributed by atoms with Gasteiger partial charge < -0.3 is 29.5 Å². The zero-order valence-electron chi connectivity index (χ0n) is 19.5. The molecule has 1 aliphatic carbocycles. The fourth-order valence-corrected chi connectivity index (χ4v) is 5.40. The molecule has 0 saturated carbocycles. The van der Waals surface area contributed by atoms with Gasteiger partial charge in [-0.05, 0) is 22.3 Å². The molecule has 9 heteroatoms. The van der Waals surface area contributed by atoms with Crippen LogP contribution in [0.1, 0.15) is 29.9 Å². The minimum absolute atomic E-state index is 0.000414. The Labute approximate surface area is 203 Å². The lowest BCUT2D eigenvalue weighted by atomic mass is 9.96. The molecule has 35 heavy (non-hydrogen) atoms. The number of alkyl carbamates (subject to hydrolysis) is 1. The second-order valence-corrected chi connectivity index (χ2v) is 9.32. The molecule has 0 radical (unpaired) electrons.